The van der Waals surface area contributed by atoms with Crippen LogP contribution in [0, 0.1) is 6.92 Å². The Balaban J connectivity index is 1.88. The molecular weight excluding hydrogens is 300 g/mol. The topological polar surface area (TPSA) is 56.7 Å². The van der Waals surface area contributed by atoms with Crippen LogP contribution in [0.2, 0.25) is 0 Å². The van der Waals surface area contributed by atoms with Gasteiger partial charge in [-0.3, -0.25) is 4.79 Å². The Morgan fingerprint density at radius 1 is 1.12 bits per heavy atom. The van der Waals surface area contributed by atoms with Gasteiger partial charge in [-0.2, -0.15) is 5.10 Å². The van der Waals surface area contributed by atoms with E-state index in [1.807, 2.05) is 81.4 Å². The Bertz CT molecular complexity index is 708. The molecule has 5 nitrogen and oxygen atoms in total. The molecule has 0 aromatic heterocycles. The Kier molecular flexibility index (Phi) is 5.95. The minimum atomic E-state index is -0.376. The van der Waals surface area contributed by atoms with Crippen LogP contribution in [0.4, 0.5) is 11.4 Å². The highest BCUT2D eigenvalue weighted by Crippen LogP contribution is 2.14. The van der Waals surface area contributed by atoms with E-state index in [1.165, 1.54) is 0 Å². The summed E-state index contributed by atoms with van der Waals surface area (Å²) in [6.07, 6.45) is 1.64. The van der Waals surface area contributed by atoms with Crippen molar-refractivity contribution in [3.63, 3.8) is 0 Å². The van der Waals surface area contributed by atoms with E-state index in [9.17, 15) is 4.79 Å². The monoisotopic (exact) mass is 324 g/mol. The fraction of sp³-hybridized carbons (Fsp3) is 0.263. The first-order valence-electron chi connectivity index (χ1n) is 7.90. The second-order valence-corrected chi connectivity index (χ2v) is 5.90. The molecule has 126 valence electrons. The molecule has 0 fully saturated rings. The second-order valence-electron chi connectivity index (χ2n) is 5.90. The third-order valence-corrected chi connectivity index (χ3v) is 3.71. The zero-order valence-electron chi connectivity index (χ0n) is 14.6. The Morgan fingerprint density at radius 3 is 2.42 bits per heavy atom. The van der Waals surface area contributed by atoms with Crippen molar-refractivity contribution >= 4 is 23.5 Å². The van der Waals surface area contributed by atoms with Crippen molar-refractivity contribution in [3.8, 4) is 0 Å². The van der Waals surface area contributed by atoms with Gasteiger partial charge in [-0.05, 0) is 43.2 Å². The van der Waals surface area contributed by atoms with Gasteiger partial charge in [-0.25, -0.2) is 5.43 Å². The van der Waals surface area contributed by atoms with Gasteiger partial charge in [0.05, 0.1) is 6.21 Å². The molecule has 0 radical (unpaired) electrons. The van der Waals surface area contributed by atoms with Crippen LogP contribution in [-0.2, 0) is 4.79 Å². The van der Waals surface area contributed by atoms with E-state index in [4.69, 9.17) is 0 Å². The number of hydrazone groups is 1. The van der Waals surface area contributed by atoms with E-state index >= 15 is 0 Å². The van der Waals surface area contributed by atoms with E-state index in [1.54, 1.807) is 6.21 Å². The minimum Gasteiger partial charge on any atom is -0.378 e. The zero-order valence-corrected chi connectivity index (χ0v) is 14.6. The molecular formula is C19H24N4O. The van der Waals surface area contributed by atoms with Crippen LogP contribution < -0.4 is 15.6 Å². The number of carbonyl (C=O) groups excluding carboxylic acids is 1. The molecule has 2 aromatic carbocycles. The summed E-state index contributed by atoms with van der Waals surface area (Å²) in [6, 6.07) is 15.4. The van der Waals surface area contributed by atoms with E-state index < -0.39 is 0 Å². The van der Waals surface area contributed by atoms with Crippen molar-refractivity contribution in [2.45, 2.75) is 19.9 Å². The number of nitrogens with one attached hydrogen (secondary N) is 2. The number of aryl methyl sites for hydroxylation is 1. The molecule has 0 bridgehead atoms. The molecule has 2 rings (SSSR count). The van der Waals surface area contributed by atoms with Gasteiger partial charge in [0.1, 0.15) is 6.04 Å². The average Bonchev–Trinajstić information content (AvgIpc) is 2.57. The molecule has 0 saturated carbocycles. The Hall–Kier alpha value is -2.82. The molecule has 0 aliphatic heterocycles. The van der Waals surface area contributed by atoms with Crippen molar-refractivity contribution in [3.05, 3.63) is 59.7 Å². The zero-order chi connectivity index (χ0) is 17.5. The summed E-state index contributed by atoms with van der Waals surface area (Å²) in [5.41, 5.74) is 6.66. The van der Waals surface area contributed by atoms with Gasteiger partial charge in [0.2, 0.25) is 0 Å². The lowest BCUT2D eigenvalue weighted by molar-refractivity contribution is -0.121. The van der Waals surface area contributed by atoms with E-state index in [2.05, 4.69) is 15.8 Å². The summed E-state index contributed by atoms with van der Waals surface area (Å²) < 4.78 is 0. The molecule has 0 aliphatic rings. The van der Waals surface area contributed by atoms with Crippen LogP contribution in [0.3, 0.4) is 0 Å². The van der Waals surface area contributed by atoms with Gasteiger partial charge in [0.25, 0.3) is 5.91 Å². The fourth-order valence-electron chi connectivity index (χ4n) is 2.16. The summed E-state index contributed by atoms with van der Waals surface area (Å²) in [5, 5.41) is 7.21. The van der Waals surface area contributed by atoms with Gasteiger partial charge < -0.3 is 10.2 Å². The quantitative estimate of drug-likeness (QED) is 0.634. The van der Waals surface area contributed by atoms with Crippen LogP contribution in [0.1, 0.15) is 18.1 Å². The molecule has 0 spiro atoms. The number of benzene rings is 2. The highest BCUT2D eigenvalue weighted by molar-refractivity contribution is 5.86. The lowest BCUT2D eigenvalue weighted by Crippen LogP contribution is -2.35. The largest absolute Gasteiger partial charge is 0.378 e. The Labute approximate surface area is 143 Å². The van der Waals surface area contributed by atoms with Gasteiger partial charge in [-0.15, -0.1) is 0 Å². The summed E-state index contributed by atoms with van der Waals surface area (Å²) >= 11 is 0. The summed E-state index contributed by atoms with van der Waals surface area (Å²) in [7, 11) is 3.98. The predicted molar refractivity (Wildman–Crippen MR) is 101 cm³/mol. The van der Waals surface area contributed by atoms with Crippen LogP contribution in [0.25, 0.3) is 0 Å². The molecule has 24 heavy (non-hydrogen) atoms. The Morgan fingerprint density at radius 2 is 1.79 bits per heavy atom. The molecule has 0 heterocycles. The van der Waals surface area contributed by atoms with Crippen LogP contribution in [-0.4, -0.2) is 32.3 Å². The molecule has 0 unspecified atom stereocenters. The lowest BCUT2D eigenvalue weighted by atomic mass is 10.2. The minimum absolute atomic E-state index is 0.181. The second kappa shape index (κ2) is 8.15. The molecule has 5 heteroatoms. The third-order valence-electron chi connectivity index (χ3n) is 3.71. The first-order chi connectivity index (χ1) is 11.5. The molecule has 2 aromatic rings. The number of hydrogen-bond acceptors (Lipinski definition) is 4. The number of carbonyl (C=O) groups is 1. The van der Waals surface area contributed by atoms with E-state index in [0.29, 0.717) is 0 Å². The van der Waals surface area contributed by atoms with Crippen molar-refractivity contribution < 1.29 is 4.79 Å². The molecule has 0 aliphatic carbocycles. The summed E-state index contributed by atoms with van der Waals surface area (Å²) in [6.45, 7) is 3.81. The first kappa shape index (κ1) is 17.5. The van der Waals surface area contributed by atoms with Crippen LogP contribution in [0.15, 0.2) is 53.6 Å². The summed E-state index contributed by atoms with van der Waals surface area (Å²) in [4.78, 5) is 14.1. The number of nitrogens with zero attached hydrogens (tertiary/aromatic N) is 2. The standard InChI is InChI=1S/C19H24N4O/c1-14-7-5-6-8-18(14)21-15(2)19(24)22-20-13-16-9-11-17(12-10-16)23(3)4/h5-13,15,21H,1-4H3,(H,22,24)/b20-13-/t15-/m1/s1. The maximum atomic E-state index is 12.1. The van der Waals surface area contributed by atoms with Crippen molar-refractivity contribution in [1.29, 1.82) is 0 Å². The van der Waals surface area contributed by atoms with Crippen molar-refractivity contribution in [1.82, 2.24) is 5.43 Å². The van der Waals surface area contributed by atoms with E-state index in [0.717, 1.165) is 22.5 Å². The highest BCUT2D eigenvalue weighted by atomic mass is 16.2. The van der Waals surface area contributed by atoms with Gasteiger partial charge >= 0.3 is 0 Å². The fourth-order valence-corrected chi connectivity index (χ4v) is 2.16. The first-order valence-corrected chi connectivity index (χ1v) is 7.90. The van der Waals surface area contributed by atoms with E-state index in [-0.39, 0.29) is 11.9 Å². The van der Waals surface area contributed by atoms with Gasteiger partial charge in [0.15, 0.2) is 0 Å². The number of hydrogen-bond donors (Lipinski definition) is 2. The maximum Gasteiger partial charge on any atom is 0.262 e. The SMILES string of the molecule is Cc1ccccc1N[C@H](C)C(=O)N/N=C\c1ccc(N(C)C)cc1. The number of anilines is 2. The molecule has 0 saturated heterocycles. The van der Waals surface area contributed by atoms with Gasteiger partial charge in [0, 0.05) is 25.5 Å². The number of para-hydroxylation sites is 1. The van der Waals surface area contributed by atoms with Gasteiger partial charge in [-0.1, -0.05) is 30.3 Å². The third kappa shape index (κ3) is 4.84. The van der Waals surface area contributed by atoms with Crippen LogP contribution in [0.5, 0.6) is 0 Å². The van der Waals surface area contributed by atoms with Crippen LogP contribution >= 0.6 is 0 Å². The molecule has 1 atom stereocenters. The number of rotatable bonds is 6. The number of amides is 1. The normalized spacial score (nSPS) is 12.0. The lowest BCUT2D eigenvalue weighted by Gasteiger charge is -2.15. The van der Waals surface area contributed by atoms with Crippen molar-refractivity contribution in [2.75, 3.05) is 24.3 Å². The highest BCUT2D eigenvalue weighted by Gasteiger charge is 2.12. The van der Waals surface area contributed by atoms with Crippen molar-refractivity contribution in [2.24, 2.45) is 5.10 Å². The summed E-state index contributed by atoms with van der Waals surface area (Å²) in [5.74, 6) is -0.181. The predicted octanol–water partition coefficient (Wildman–Crippen LogP) is 3.01. The maximum absolute atomic E-state index is 12.1. The smallest absolute Gasteiger partial charge is 0.262 e. The molecule has 2 N–H and O–H groups in total. The molecule has 1 amide bonds. The average molecular weight is 324 g/mol.